The van der Waals surface area contributed by atoms with E-state index in [4.69, 9.17) is 0 Å². The number of carboxylic acid groups (broad SMARTS) is 1. The molecule has 1 aliphatic rings. The molecule has 110 valence electrons. The molecule has 4 nitrogen and oxygen atoms in total. The largest absolute Gasteiger partial charge is 0.481 e. The second kappa shape index (κ2) is 6.25. The zero-order chi connectivity index (χ0) is 14.6. The minimum Gasteiger partial charge on any atom is -0.481 e. The summed E-state index contributed by atoms with van der Waals surface area (Å²) >= 11 is 0. The van der Waals surface area contributed by atoms with Crippen molar-refractivity contribution < 1.29 is 9.90 Å². The average Bonchev–Trinajstić information content (AvgIpc) is 2.98. The summed E-state index contributed by atoms with van der Waals surface area (Å²) < 4.78 is 2.05. The summed E-state index contributed by atoms with van der Waals surface area (Å²) in [6.07, 6.45) is 13.4. The van der Waals surface area contributed by atoms with Gasteiger partial charge in [0.25, 0.3) is 0 Å². The lowest BCUT2D eigenvalue weighted by molar-refractivity contribution is -0.140. The van der Waals surface area contributed by atoms with Crippen molar-refractivity contribution in [2.75, 3.05) is 0 Å². The van der Waals surface area contributed by atoms with E-state index in [0.717, 1.165) is 19.3 Å². The van der Waals surface area contributed by atoms with Crippen molar-refractivity contribution in [3.05, 3.63) is 24.8 Å². The maximum atomic E-state index is 11.2. The first-order valence-corrected chi connectivity index (χ1v) is 7.47. The van der Waals surface area contributed by atoms with Crippen molar-refractivity contribution in [3.8, 4) is 0 Å². The standard InChI is InChI=1S/C16H24N2O2/c1-3-4-5-6-13-14(18-10-9-17-12-18)7-8-16(13,2)11-15(19)20/h7,9-10,12-13H,3-6,8,11H2,1-2H3,(H,19,20). The van der Waals surface area contributed by atoms with Crippen molar-refractivity contribution in [1.82, 2.24) is 9.55 Å². The first-order valence-electron chi connectivity index (χ1n) is 7.47. The number of unbranched alkanes of at least 4 members (excludes halogenated alkanes) is 2. The molecule has 4 heteroatoms. The lowest BCUT2D eigenvalue weighted by atomic mass is 9.73. The van der Waals surface area contributed by atoms with Crippen molar-refractivity contribution >= 4 is 11.7 Å². The Kier molecular flexibility index (Phi) is 4.63. The quantitative estimate of drug-likeness (QED) is 0.770. The van der Waals surface area contributed by atoms with Gasteiger partial charge in [-0.1, -0.05) is 39.2 Å². The van der Waals surface area contributed by atoms with Crippen molar-refractivity contribution in [3.63, 3.8) is 0 Å². The molecule has 20 heavy (non-hydrogen) atoms. The Morgan fingerprint density at radius 1 is 1.55 bits per heavy atom. The third kappa shape index (κ3) is 3.11. The maximum absolute atomic E-state index is 11.2. The Morgan fingerprint density at radius 2 is 2.35 bits per heavy atom. The van der Waals surface area contributed by atoms with Crippen LogP contribution in [0.2, 0.25) is 0 Å². The van der Waals surface area contributed by atoms with Gasteiger partial charge in [-0.05, 0) is 18.3 Å². The van der Waals surface area contributed by atoms with Crippen molar-refractivity contribution in [2.24, 2.45) is 11.3 Å². The van der Waals surface area contributed by atoms with Crippen LogP contribution in [0.15, 0.2) is 24.8 Å². The summed E-state index contributed by atoms with van der Waals surface area (Å²) in [5.74, 6) is -0.396. The Hall–Kier alpha value is -1.58. The van der Waals surface area contributed by atoms with Gasteiger partial charge in [-0.2, -0.15) is 0 Å². The van der Waals surface area contributed by atoms with E-state index < -0.39 is 5.97 Å². The van der Waals surface area contributed by atoms with Gasteiger partial charge in [0.1, 0.15) is 0 Å². The highest BCUT2D eigenvalue weighted by atomic mass is 16.4. The molecule has 0 aromatic carbocycles. The molecule has 1 heterocycles. The van der Waals surface area contributed by atoms with Crippen LogP contribution >= 0.6 is 0 Å². The molecule has 1 aliphatic carbocycles. The van der Waals surface area contributed by atoms with Gasteiger partial charge in [-0.3, -0.25) is 4.79 Å². The zero-order valence-electron chi connectivity index (χ0n) is 12.4. The van der Waals surface area contributed by atoms with Gasteiger partial charge < -0.3 is 9.67 Å². The Morgan fingerprint density at radius 3 is 2.95 bits per heavy atom. The lowest BCUT2D eigenvalue weighted by Crippen LogP contribution is -2.28. The van der Waals surface area contributed by atoms with E-state index >= 15 is 0 Å². The second-order valence-electron chi connectivity index (χ2n) is 6.08. The normalized spacial score (nSPS) is 25.7. The molecule has 2 rings (SSSR count). The Balaban J connectivity index is 2.17. The van der Waals surface area contributed by atoms with Crippen molar-refractivity contribution in [2.45, 2.75) is 52.4 Å². The Labute approximate surface area is 120 Å². The SMILES string of the molecule is CCCCCC1C(n2ccnc2)=CCC1(C)CC(=O)O. The van der Waals surface area contributed by atoms with Crippen LogP contribution in [0.25, 0.3) is 5.70 Å². The number of carbonyl (C=O) groups is 1. The van der Waals surface area contributed by atoms with Crippen LogP contribution in [0, 0.1) is 11.3 Å². The number of hydrogen-bond donors (Lipinski definition) is 1. The van der Waals surface area contributed by atoms with Crippen LogP contribution in [0.1, 0.15) is 52.4 Å². The fourth-order valence-corrected chi connectivity index (χ4v) is 3.31. The van der Waals surface area contributed by atoms with E-state index in [-0.39, 0.29) is 11.8 Å². The predicted molar refractivity (Wildman–Crippen MR) is 79.1 cm³/mol. The molecule has 1 aromatic rings. The van der Waals surface area contributed by atoms with Gasteiger partial charge in [0.05, 0.1) is 12.7 Å². The number of aromatic nitrogens is 2. The third-order valence-electron chi connectivity index (χ3n) is 4.43. The van der Waals surface area contributed by atoms with Crippen LogP contribution in [-0.2, 0) is 4.79 Å². The van der Waals surface area contributed by atoms with E-state index in [0.29, 0.717) is 5.92 Å². The smallest absolute Gasteiger partial charge is 0.303 e. The number of allylic oxidation sites excluding steroid dienone is 2. The van der Waals surface area contributed by atoms with Gasteiger partial charge in [-0.25, -0.2) is 4.98 Å². The molecule has 0 bridgehead atoms. The topological polar surface area (TPSA) is 55.1 Å². The zero-order valence-corrected chi connectivity index (χ0v) is 12.4. The van der Waals surface area contributed by atoms with Gasteiger partial charge in [-0.15, -0.1) is 0 Å². The molecule has 0 aliphatic heterocycles. The Bertz CT molecular complexity index is 479. The molecule has 1 N–H and O–H groups in total. The summed E-state index contributed by atoms with van der Waals surface area (Å²) in [5.41, 5.74) is 1.06. The van der Waals surface area contributed by atoms with Crippen LogP contribution < -0.4 is 0 Å². The fourth-order valence-electron chi connectivity index (χ4n) is 3.31. The first-order chi connectivity index (χ1) is 9.57. The summed E-state index contributed by atoms with van der Waals surface area (Å²) in [6, 6.07) is 0. The monoisotopic (exact) mass is 276 g/mol. The number of imidazole rings is 1. The summed E-state index contributed by atoms with van der Waals surface area (Å²) in [4.78, 5) is 15.3. The van der Waals surface area contributed by atoms with Crippen molar-refractivity contribution in [1.29, 1.82) is 0 Å². The van der Waals surface area contributed by atoms with Crippen LogP contribution in [-0.4, -0.2) is 20.6 Å². The highest BCUT2D eigenvalue weighted by Crippen LogP contribution is 2.49. The van der Waals surface area contributed by atoms with E-state index in [2.05, 4.69) is 24.9 Å². The van der Waals surface area contributed by atoms with Crippen LogP contribution in [0.5, 0.6) is 0 Å². The number of carboxylic acids is 1. The van der Waals surface area contributed by atoms with E-state index in [1.54, 1.807) is 6.20 Å². The lowest BCUT2D eigenvalue weighted by Gasteiger charge is -2.32. The maximum Gasteiger partial charge on any atom is 0.303 e. The van der Waals surface area contributed by atoms with E-state index in [1.165, 1.54) is 18.5 Å². The third-order valence-corrected chi connectivity index (χ3v) is 4.43. The number of aliphatic carboxylic acids is 1. The summed E-state index contributed by atoms with van der Waals surface area (Å²) in [6.45, 7) is 4.30. The molecule has 0 spiro atoms. The summed E-state index contributed by atoms with van der Waals surface area (Å²) in [7, 11) is 0. The second-order valence-corrected chi connectivity index (χ2v) is 6.08. The first kappa shape index (κ1) is 14.8. The summed E-state index contributed by atoms with van der Waals surface area (Å²) in [5, 5.41) is 9.20. The van der Waals surface area contributed by atoms with Gasteiger partial charge in [0.2, 0.25) is 0 Å². The molecular weight excluding hydrogens is 252 g/mol. The number of hydrogen-bond acceptors (Lipinski definition) is 2. The highest BCUT2D eigenvalue weighted by Gasteiger charge is 2.41. The molecule has 0 saturated heterocycles. The highest BCUT2D eigenvalue weighted by molar-refractivity contribution is 5.69. The molecule has 0 fully saturated rings. The van der Waals surface area contributed by atoms with E-state index in [9.17, 15) is 9.90 Å². The molecule has 2 atom stereocenters. The predicted octanol–water partition coefficient (Wildman–Crippen LogP) is 3.81. The van der Waals surface area contributed by atoms with Crippen LogP contribution in [0.4, 0.5) is 0 Å². The molecular formula is C16H24N2O2. The molecule has 0 amide bonds. The number of nitrogens with zero attached hydrogens (tertiary/aromatic N) is 2. The molecule has 2 unspecified atom stereocenters. The van der Waals surface area contributed by atoms with E-state index in [1.807, 2.05) is 17.1 Å². The van der Waals surface area contributed by atoms with Gasteiger partial charge >= 0.3 is 5.97 Å². The molecule has 1 aromatic heterocycles. The fraction of sp³-hybridized carbons (Fsp3) is 0.625. The minimum atomic E-state index is -0.701. The average molecular weight is 276 g/mol. The minimum absolute atomic E-state index is 0.167. The molecule has 0 saturated carbocycles. The number of rotatable bonds is 7. The van der Waals surface area contributed by atoms with Gasteiger partial charge in [0, 0.05) is 24.0 Å². The van der Waals surface area contributed by atoms with Crippen LogP contribution in [0.3, 0.4) is 0 Å². The molecule has 0 radical (unpaired) electrons. The van der Waals surface area contributed by atoms with Gasteiger partial charge in [0.15, 0.2) is 0 Å².